The summed E-state index contributed by atoms with van der Waals surface area (Å²) in [4.78, 5) is 26.7. The summed E-state index contributed by atoms with van der Waals surface area (Å²) in [7, 11) is 0. The van der Waals surface area contributed by atoms with Crippen molar-refractivity contribution in [2.24, 2.45) is 5.92 Å². The van der Waals surface area contributed by atoms with Gasteiger partial charge in [-0.2, -0.15) is 0 Å². The summed E-state index contributed by atoms with van der Waals surface area (Å²) in [6.07, 6.45) is 4.87. The van der Waals surface area contributed by atoms with Crippen molar-refractivity contribution in [3.63, 3.8) is 0 Å². The van der Waals surface area contributed by atoms with Crippen LogP contribution in [0.2, 0.25) is 0 Å². The Hall–Kier alpha value is -2.88. The van der Waals surface area contributed by atoms with Crippen LogP contribution in [0.1, 0.15) is 36.9 Å². The minimum Gasteiger partial charge on any atom is -0.349 e. The van der Waals surface area contributed by atoms with E-state index < -0.39 is 0 Å². The number of likely N-dealkylation sites (tertiary alicyclic amines) is 1. The SMILES string of the molecule is CC(NC(=O)C1CCN(C(=O)/C=C/c2ccccc2)CC1)c1ccccc1. The van der Waals surface area contributed by atoms with Gasteiger partial charge in [0.15, 0.2) is 0 Å². The Kier molecular flexibility index (Phi) is 6.42. The molecule has 1 aliphatic heterocycles. The summed E-state index contributed by atoms with van der Waals surface area (Å²) < 4.78 is 0. The van der Waals surface area contributed by atoms with Crippen LogP contribution < -0.4 is 5.32 Å². The molecule has 2 aromatic carbocycles. The van der Waals surface area contributed by atoms with E-state index in [0.717, 1.165) is 11.1 Å². The van der Waals surface area contributed by atoms with Crippen molar-refractivity contribution in [3.05, 3.63) is 77.9 Å². The third kappa shape index (κ3) is 5.30. The summed E-state index contributed by atoms with van der Waals surface area (Å²) in [6.45, 7) is 3.24. The number of hydrogen-bond acceptors (Lipinski definition) is 2. The monoisotopic (exact) mass is 362 g/mol. The van der Waals surface area contributed by atoms with Crippen molar-refractivity contribution in [2.75, 3.05) is 13.1 Å². The molecule has 0 aromatic heterocycles. The van der Waals surface area contributed by atoms with E-state index in [-0.39, 0.29) is 23.8 Å². The van der Waals surface area contributed by atoms with Crippen LogP contribution in [0.15, 0.2) is 66.7 Å². The highest BCUT2D eigenvalue weighted by Crippen LogP contribution is 2.20. The zero-order valence-corrected chi connectivity index (χ0v) is 15.7. The van der Waals surface area contributed by atoms with Crippen LogP contribution in [0.25, 0.3) is 6.08 Å². The molecule has 1 fully saturated rings. The number of benzene rings is 2. The minimum atomic E-state index is -0.0293. The van der Waals surface area contributed by atoms with Gasteiger partial charge in [-0.3, -0.25) is 9.59 Å². The highest BCUT2D eigenvalue weighted by Gasteiger charge is 2.27. The van der Waals surface area contributed by atoms with Gasteiger partial charge in [0.2, 0.25) is 11.8 Å². The van der Waals surface area contributed by atoms with Gasteiger partial charge in [-0.25, -0.2) is 0 Å². The Balaban J connectivity index is 1.47. The maximum atomic E-state index is 12.5. The lowest BCUT2D eigenvalue weighted by Crippen LogP contribution is -2.43. The molecule has 4 heteroatoms. The summed E-state index contributed by atoms with van der Waals surface area (Å²) in [5.74, 6) is 0.0620. The van der Waals surface area contributed by atoms with Gasteiger partial charge in [-0.1, -0.05) is 60.7 Å². The number of nitrogens with zero attached hydrogens (tertiary/aromatic N) is 1. The fraction of sp³-hybridized carbons (Fsp3) is 0.304. The fourth-order valence-electron chi connectivity index (χ4n) is 3.36. The molecule has 1 N–H and O–H groups in total. The fourth-order valence-corrected chi connectivity index (χ4v) is 3.36. The second kappa shape index (κ2) is 9.17. The molecular formula is C23H26N2O2. The molecule has 1 unspecified atom stereocenters. The quantitative estimate of drug-likeness (QED) is 0.822. The number of amides is 2. The Morgan fingerprint density at radius 3 is 2.22 bits per heavy atom. The van der Waals surface area contributed by atoms with E-state index in [1.165, 1.54) is 0 Å². The Morgan fingerprint density at radius 2 is 1.59 bits per heavy atom. The van der Waals surface area contributed by atoms with E-state index in [9.17, 15) is 9.59 Å². The molecule has 0 saturated carbocycles. The second-order valence-corrected chi connectivity index (χ2v) is 6.98. The maximum Gasteiger partial charge on any atom is 0.246 e. The normalized spacial score (nSPS) is 16.3. The van der Waals surface area contributed by atoms with Gasteiger partial charge in [-0.15, -0.1) is 0 Å². The van der Waals surface area contributed by atoms with Crippen LogP contribution in [0.3, 0.4) is 0 Å². The summed E-state index contributed by atoms with van der Waals surface area (Å²) >= 11 is 0. The predicted octanol–water partition coefficient (Wildman–Crippen LogP) is 3.82. The zero-order chi connectivity index (χ0) is 19.1. The van der Waals surface area contributed by atoms with Crippen LogP contribution >= 0.6 is 0 Å². The highest BCUT2D eigenvalue weighted by atomic mass is 16.2. The van der Waals surface area contributed by atoms with Gasteiger partial charge >= 0.3 is 0 Å². The van der Waals surface area contributed by atoms with E-state index in [0.29, 0.717) is 25.9 Å². The molecule has 1 aliphatic rings. The van der Waals surface area contributed by atoms with E-state index in [1.54, 1.807) is 6.08 Å². The number of rotatable bonds is 5. The molecule has 1 heterocycles. The third-order valence-electron chi connectivity index (χ3n) is 5.05. The largest absolute Gasteiger partial charge is 0.349 e. The third-order valence-corrected chi connectivity index (χ3v) is 5.05. The number of carbonyl (C=O) groups is 2. The second-order valence-electron chi connectivity index (χ2n) is 6.98. The van der Waals surface area contributed by atoms with Crippen molar-refractivity contribution in [1.29, 1.82) is 0 Å². The lowest BCUT2D eigenvalue weighted by molar-refractivity contribution is -0.132. The smallest absolute Gasteiger partial charge is 0.246 e. The topological polar surface area (TPSA) is 49.4 Å². The Morgan fingerprint density at radius 1 is 1.00 bits per heavy atom. The maximum absolute atomic E-state index is 12.5. The molecule has 0 aliphatic carbocycles. The molecule has 0 bridgehead atoms. The van der Waals surface area contributed by atoms with Gasteiger partial charge in [-0.05, 0) is 37.0 Å². The van der Waals surface area contributed by atoms with E-state index in [4.69, 9.17) is 0 Å². The lowest BCUT2D eigenvalue weighted by Gasteiger charge is -2.31. The molecule has 27 heavy (non-hydrogen) atoms. The minimum absolute atomic E-state index is 0.00725. The van der Waals surface area contributed by atoms with E-state index >= 15 is 0 Å². The van der Waals surface area contributed by atoms with Gasteiger partial charge < -0.3 is 10.2 Å². The first-order chi connectivity index (χ1) is 13.1. The molecule has 0 radical (unpaired) electrons. The number of hydrogen-bond donors (Lipinski definition) is 1. The van der Waals surface area contributed by atoms with Gasteiger partial charge in [0.05, 0.1) is 6.04 Å². The molecular weight excluding hydrogens is 336 g/mol. The van der Waals surface area contributed by atoms with E-state index in [2.05, 4.69) is 5.32 Å². The van der Waals surface area contributed by atoms with Crippen LogP contribution in [-0.4, -0.2) is 29.8 Å². The van der Waals surface area contributed by atoms with Gasteiger partial charge in [0.1, 0.15) is 0 Å². The van der Waals surface area contributed by atoms with E-state index in [1.807, 2.05) is 78.6 Å². The molecule has 2 amide bonds. The van der Waals surface area contributed by atoms with Crippen LogP contribution in [0, 0.1) is 5.92 Å². The van der Waals surface area contributed by atoms with Crippen LogP contribution in [0.4, 0.5) is 0 Å². The number of carbonyl (C=O) groups excluding carboxylic acids is 2. The van der Waals surface area contributed by atoms with Crippen molar-refractivity contribution >= 4 is 17.9 Å². The van der Waals surface area contributed by atoms with Crippen molar-refractivity contribution in [1.82, 2.24) is 10.2 Å². The highest BCUT2D eigenvalue weighted by molar-refractivity contribution is 5.92. The van der Waals surface area contributed by atoms with Gasteiger partial charge in [0.25, 0.3) is 0 Å². The predicted molar refractivity (Wildman–Crippen MR) is 108 cm³/mol. The van der Waals surface area contributed by atoms with Crippen molar-refractivity contribution in [2.45, 2.75) is 25.8 Å². The molecule has 3 rings (SSSR count). The molecule has 4 nitrogen and oxygen atoms in total. The van der Waals surface area contributed by atoms with Gasteiger partial charge in [0, 0.05) is 25.1 Å². The van der Waals surface area contributed by atoms with Crippen LogP contribution in [0.5, 0.6) is 0 Å². The van der Waals surface area contributed by atoms with Crippen molar-refractivity contribution < 1.29 is 9.59 Å². The molecule has 2 aromatic rings. The molecule has 1 saturated heterocycles. The average Bonchev–Trinajstić information content (AvgIpc) is 2.73. The first-order valence-corrected chi connectivity index (χ1v) is 9.51. The Labute approximate surface area is 160 Å². The number of nitrogens with one attached hydrogen (secondary N) is 1. The Bertz CT molecular complexity index is 779. The summed E-state index contributed by atoms with van der Waals surface area (Å²) in [5, 5.41) is 3.10. The zero-order valence-electron chi connectivity index (χ0n) is 15.7. The van der Waals surface area contributed by atoms with Crippen molar-refractivity contribution in [3.8, 4) is 0 Å². The molecule has 0 spiro atoms. The summed E-state index contributed by atoms with van der Waals surface area (Å²) in [5.41, 5.74) is 2.11. The summed E-state index contributed by atoms with van der Waals surface area (Å²) in [6, 6.07) is 19.7. The first kappa shape index (κ1) is 18.9. The lowest BCUT2D eigenvalue weighted by atomic mass is 9.95. The molecule has 1 atom stereocenters. The first-order valence-electron chi connectivity index (χ1n) is 9.51. The number of piperidine rings is 1. The standard InChI is InChI=1S/C23H26N2O2/c1-18(20-10-6-3-7-11-20)24-23(27)21-14-16-25(17-15-21)22(26)13-12-19-8-4-2-5-9-19/h2-13,18,21H,14-17H2,1H3,(H,24,27)/b13-12+. The molecule has 140 valence electrons. The average molecular weight is 362 g/mol. The van der Waals surface area contributed by atoms with Crippen LogP contribution in [-0.2, 0) is 9.59 Å².